The summed E-state index contributed by atoms with van der Waals surface area (Å²) in [6.07, 6.45) is 0.290. The number of fused-ring (bicyclic) bond motifs is 1. The molecular formula is C29H31F2N5OS. The summed E-state index contributed by atoms with van der Waals surface area (Å²) in [5, 5.41) is 3.48. The first-order valence-electron chi connectivity index (χ1n) is 12.2. The number of rotatable bonds is 6. The lowest BCUT2D eigenvalue weighted by molar-refractivity contribution is -0.138. The second-order valence-electron chi connectivity index (χ2n) is 9.82. The fourth-order valence-electron chi connectivity index (χ4n) is 4.68. The average molecular weight is 536 g/mol. The van der Waals surface area contributed by atoms with E-state index in [0.717, 1.165) is 28.2 Å². The van der Waals surface area contributed by atoms with Crippen LogP contribution in [0.25, 0.3) is 11.3 Å². The first kappa shape index (κ1) is 27.3. The normalized spacial score (nSPS) is 14.3. The molecule has 1 aliphatic rings. The van der Waals surface area contributed by atoms with Gasteiger partial charge in [0.15, 0.2) is 0 Å². The van der Waals surface area contributed by atoms with Crippen molar-refractivity contribution in [2.45, 2.75) is 38.9 Å². The third-order valence-electron chi connectivity index (χ3n) is 6.66. The Hall–Kier alpha value is -3.69. The fourth-order valence-corrected chi connectivity index (χ4v) is 4.68. The van der Waals surface area contributed by atoms with Gasteiger partial charge in [-0.15, -0.1) is 0 Å². The van der Waals surface area contributed by atoms with E-state index in [9.17, 15) is 13.6 Å². The number of hydrogen-bond donors (Lipinski definition) is 2. The molecule has 4 aromatic rings. The second-order valence-corrected chi connectivity index (χ2v) is 9.82. The number of anilines is 2. The zero-order valence-electron chi connectivity index (χ0n) is 21.3. The van der Waals surface area contributed by atoms with Crippen molar-refractivity contribution in [3.05, 3.63) is 101 Å². The van der Waals surface area contributed by atoms with Crippen molar-refractivity contribution in [1.82, 2.24) is 14.5 Å². The fraction of sp³-hybridized carbons (Fsp3) is 0.241. The number of nitrogens with two attached hydrogens (primary N) is 1. The molecule has 0 radical (unpaired) electrons. The summed E-state index contributed by atoms with van der Waals surface area (Å²) in [5.41, 5.74) is 9.63. The molecule has 38 heavy (non-hydrogen) atoms. The third kappa shape index (κ3) is 5.74. The maximum Gasteiger partial charge on any atom is 0.243 e. The first-order valence-corrected chi connectivity index (χ1v) is 12.2. The molecule has 0 aliphatic carbocycles. The van der Waals surface area contributed by atoms with Crippen LogP contribution in [0.2, 0.25) is 0 Å². The number of nitrogens with one attached hydrogen (secondary N) is 1. The van der Waals surface area contributed by atoms with Gasteiger partial charge in [-0.1, -0.05) is 29.8 Å². The highest BCUT2D eigenvalue weighted by atomic mass is 32.1. The summed E-state index contributed by atoms with van der Waals surface area (Å²) >= 11 is 0. The zero-order valence-corrected chi connectivity index (χ0v) is 22.3. The van der Waals surface area contributed by atoms with Gasteiger partial charge in [-0.05, 0) is 74.4 Å². The van der Waals surface area contributed by atoms with E-state index in [1.807, 2.05) is 31.2 Å². The molecule has 2 heterocycles. The van der Waals surface area contributed by atoms with Crippen molar-refractivity contribution in [1.29, 1.82) is 0 Å². The van der Waals surface area contributed by atoms with Gasteiger partial charge >= 0.3 is 0 Å². The standard InChI is InChI=1S/C29H29F2N5O.H2S/c1-19-3-13-24(14-4-19)33-27-26(21-7-11-23(31)12-8-21)34-25-18-35(15-16-36(25)27)28(37)29(2,32)17-20-5-9-22(30)10-6-20;/h3-14,33H,15-18,32H2,1-2H3;1H2/t29-;/m0./s1. The van der Waals surface area contributed by atoms with Crippen molar-refractivity contribution < 1.29 is 13.6 Å². The Morgan fingerprint density at radius 1 is 0.974 bits per heavy atom. The molecule has 0 unspecified atom stereocenters. The molecule has 0 spiro atoms. The van der Waals surface area contributed by atoms with Gasteiger partial charge in [0.1, 0.15) is 29.0 Å². The molecule has 198 valence electrons. The Labute approximate surface area is 227 Å². The Morgan fingerprint density at radius 2 is 1.58 bits per heavy atom. The van der Waals surface area contributed by atoms with Crippen LogP contribution in [0.5, 0.6) is 0 Å². The summed E-state index contributed by atoms with van der Waals surface area (Å²) < 4.78 is 29.0. The van der Waals surface area contributed by atoms with Crippen LogP contribution in [0.3, 0.4) is 0 Å². The largest absolute Gasteiger partial charge is 0.340 e. The molecule has 0 bridgehead atoms. The first-order chi connectivity index (χ1) is 17.7. The quantitative estimate of drug-likeness (QED) is 0.352. The Bertz CT molecular complexity index is 1420. The summed E-state index contributed by atoms with van der Waals surface area (Å²) in [7, 11) is 0. The van der Waals surface area contributed by atoms with Crippen molar-refractivity contribution >= 4 is 30.9 Å². The summed E-state index contributed by atoms with van der Waals surface area (Å²) in [4.78, 5) is 20.0. The number of carbonyl (C=O) groups excluding carboxylic acids is 1. The minimum atomic E-state index is -1.16. The molecule has 5 rings (SSSR count). The summed E-state index contributed by atoms with van der Waals surface area (Å²) in [6.45, 7) is 5.01. The number of nitrogens with zero attached hydrogens (tertiary/aromatic N) is 3. The van der Waals surface area contributed by atoms with Gasteiger partial charge < -0.3 is 20.5 Å². The molecule has 1 amide bonds. The Balaban J connectivity index is 0.00000336. The highest BCUT2D eigenvalue weighted by Crippen LogP contribution is 2.34. The van der Waals surface area contributed by atoms with E-state index < -0.39 is 5.54 Å². The minimum Gasteiger partial charge on any atom is -0.340 e. The maximum atomic E-state index is 13.6. The number of benzene rings is 3. The number of aromatic nitrogens is 2. The van der Waals surface area contributed by atoms with Crippen LogP contribution >= 0.6 is 13.5 Å². The lowest BCUT2D eigenvalue weighted by Crippen LogP contribution is -2.56. The SMILES string of the molecule is Cc1ccc(Nc2c(-c3ccc(F)cc3)nc3n2CCN(C(=O)[C@@](C)(N)Cc2ccc(F)cc2)C3)cc1.S. The van der Waals surface area contributed by atoms with Crippen LogP contribution < -0.4 is 11.1 Å². The van der Waals surface area contributed by atoms with Gasteiger partial charge in [0, 0.05) is 24.3 Å². The number of hydrogen-bond acceptors (Lipinski definition) is 4. The van der Waals surface area contributed by atoms with Crippen LogP contribution in [-0.4, -0.2) is 32.4 Å². The van der Waals surface area contributed by atoms with Gasteiger partial charge in [-0.2, -0.15) is 13.5 Å². The molecule has 0 saturated carbocycles. The minimum absolute atomic E-state index is 0. The van der Waals surface area contributed by atoms with Crippen molar-refractivity contribution in [3.63, 3.8) is 0 Å². The van der Waals surface area contributed by atoms with E-state index in [2.05, 4.69) is 9.88 Å². The van der Waals surface area contributed by atoms with Crippen LogP contribution in [0.4, 0.5) is 20.3 Å². The smallest absolute Gasteiger partial charge is 0.243 e. The van der Waals surface area contributed by atoms with Gasteiger partial charge in [0.05, 0.1) is 12.1 Å². The van der Waals surface area contributed by atoms with Gasteiger partial charge in [-0.3, -0.25) is 4.79 Å². The maximum absolute atomic E-state index is 13.6. The molecule has 6 nitrogen and oxygen atoms in total. The Morgan fingerprint density at radius 3 is 2.21 bits per heavy atom. The average Bonchev–Trinajstić information content (AvgIpc) is 3.24. The van der Waals surface area contributed by atoms with Crippen LogP contribution in [0.15, 0.2) is 72.8 Å². The molecule has 0 fully saturated rings. The summed E-state index contributed by atoms with van der Waals surface area (Å²) in [5.74, 6) is 0.664. The van der Waals surface area contributed by atoms with E-state index in [1.165, 1.54) is 24.3 Å². The molecule has 1 atom stereocenters. The van der Waals surface area contributed by atoms with Crippen molar-refractivity contribution in [3.8, 4) is 11.3 Å². The highest BCUT2D eigenvalue weighted by Gasteiger charge is 2.36. The van der Waals surface area contributed by atoms with Crippen molar-refractivity contribution in [2.75, 3.05) is 11.9 Å². The molecule has 3 N–H and O–H groups in total. The number of aryl methyl sites for hydroxylation is 1. The predicted octanol–water partition coefficient (Wildman–Crippen LogP) is 5.30. The molecule has 3 aromatic carbocycles. The lowest BCUT2D eigenvalue weighted by Gasteiger charge is -2.34. The number of carbonyl (C=O) groups is 1. The van der Waals surface area contributed by atoms with E-state index in [4.69, 9.17) is 10.7 Å². The molecular weight excluding hydrogens is 504 g/mol. The van der Waals surface area contributed by atoms with Gasteiger partial charge in [-0.25, -0.2) is 13.8 Å². The van der Waals surface area contributed by atoms with Crippen LogP contribution in [-0.2, 0) is 24.3 Å². The third-order valence-corrected chi connectivity index (χ3v) is 6.66. The second kappa shape index (κ2) is 11.0. The molecule has 0 saturated heterocycles. The van der Waals surface area contributed by atoms with E-state index in [-0.39, 0.29) is 37.5 Å². The number of amides is 1. The predicted molar refractivity (Wildman–Crippen MR) is 151 cm³/mol. The van der Waals surface area contributed by atoms with Gasteiger partial charge in [0.25, 0.3) is 0 Å². The highest BCUT2D eigenvalue weighted by molar-refractivity contribution is 7.59. The number of imidazole rings is 1. The van der Waals surface area contributed by atoms with E-state index >= 15 is 0 Å². The Kier molecular flexibility index (Phi) is 7.89. The monoisotopic (exact) mass is 535 g/mol. The molecule has 9 heteroatoms. The van der Waals surface area contributed by atoms with Crippen molar-refractivity contribution in [2.24, 2.45) is 5.73 Å². The van der Waals surface area contributed by atoms with Crippen LogP contribution in [0, 0.1) is 18.6 Å². The van der Waals surface area contributed by atoms with E-state index in [1.54, 1.807) is 36.1 Å². The zero-order chi connectivity index (χ0) is 26.2. The van der Waals surface area contributed by atoms with E-state index in [0.29, 0.717) is 31.2 Å². The molecule has 1 aromatic heterocycles. The molecule has 1 aliphatic heterocycles. The van der Waals surface area contributed by atoms with Crippen LogP contribution in [0.1, 0.15) is 23.9 Å². The summed E-state index contributed by atoms with van der Waals surface area (Å²) in [6, 6.07) is 20.3. The van der Waals surface area contributed by atoms with Gasteiger partial charge in [0.2, 0.25) is 5.91 Å². The number of halogens is 2. The lowest BCUT2D eigenvalue weighted by atomic mass is 9.92. The topological polar surface area (TPSA) is 76.2 Å².